The lowest BCUT2D eigenvalue weighted by atomic mass is 10.3. The Balaban J connectivity index is 2.08. The van der Waals surface area contributed by atoms with Gasteiger partial charge in [0, 0.05) is 6.54 Å². The smallest absolute Gasteiger partial charge is 0.201 e. The third-order valence-electron chi connectivity index (χ3n) is 3.17. The molecule has 18 heavy (non-hydrogen) atoms. The molecule has 6 heteroatoms. The Labute approximate surface area is 105 Å². The van der Waals surface area contributed by atoms with Crippen LogP contribution in [0.4, 0.5) is 0 Å². The summed E-state index contributed by atoms with van der Waals surface area (Å²) in [6.07, 6.45) is 1.99. The fraction of sp³-hybridized carbons (Fsp3) is 0.333. The molecule has 1 aromatic heterocycles. The average Bonchev–Trinajstić information content (AvgIpc) is 2.92. The highest BCUT2D eigenvalue weighted by Gasteiger charge is 2.31. The van der Waals surface area contributed by atoms with Gasteiger partial charge in [-0.15, -0.1) is 0 Å². The van der Waals surface area contributed by atoms with Crippen molar-refractivity contribution in [3.63, 3.8) is 0 Å². The van der Waals surface area contributed by atoms with Crippen molar-refractivity contribution >= 4 is 20.9 Å². The van der Waals surface area contributed by atoms with E-state index in [0.717, 1.165) is 6.54 Å². The molecule has 1 aliphatic heterocycles. The van der Waals surface area contributed by atoms with Crippen LogP contribution in [-0.2, 0) is 9.84 Å². The first-order valence-corrected chi connectivity index (χ1v) is 7.39. The number of aromatic nitrogens is 2. The highest BCUT2D eigenvalue weighted by atomic mass is 32.2. The first-order chi connectivity index (χ1) is 8.68. The molecule has 1 atom stereocenters. The van der Waals surface area contributed by atoms with Crippen molar-refractivity contribution in [1.82, 2.24) is 15.3 Å². The van der Waals surface area contributed by atoms with E-state index in [1.807, 2.05) is 18.2 Å². The predicted molar refractivity (Wildman–Crippen MR) is 68.0 cm³/mol. The van der Waals surface area contributed by atoms with E-state index in [9.17, 15) is 8.42 Å². The van der Waals surface area contributed by atoms with Gasteiger partial charge in [-0.2, -0.15) is 0 Å². The molecule has 3 rings (SSSR count). The molecule has 1 aliphatic rings. The van der Waals surface area contributed by atoms with Crippen LogP contribution < -0.4 is 5.32 Å². The third kappa shape index (κ3) is 1.87. The van der Waals surface area contributed by atoms with Crippen LogP contribution in [0.15, 0.2) is 35.5 Å². The van der Waals surface area contributed by atoms with E-state index in [-0.39, 0.29) is 10.3 Å². The molecule has 0 radical (unpaired) electrons. The molecule has 1 fully saturated rings. The Hall–Kier alpha value is -1.53. The van der Waals surface area contributed by atoms with E-state index in [2.05, 4.69) is 15.3 Å². The van der Waals surface area contributed by atoms with Crippen molar-refractivity contribution in [2.45, 2.75) is 16.7 Å². The Morgan fingerprint density at radius 1 is 1.22 bits per heavy atom. The van der Waals surface area contributed by atoms with Crippen LogP contribution in [0, 0.1) is 0 Å². The first kappa shape index (κ1) is 11.6. The average molecular weight is 263 g/mol. The van der Waals surface area contributed by atoms with Crippen molar-refractivity contribution in [1.29, 1.82) is 0 Å². The molecule has 0 amide bonds. The van der Waals surface area contributed by atoms with Crippen molar-refractivity contribution in [3.8, 4) is 0 Å². The Bertz CT molecular complexity index is 679. The number of nitrogens with one attached hydrogen (secondary N) is 1. The van der Waals surface area contributed by atoms with Crippen LogP contribution in [0.5, 0.6) is 0 Å². The topological polar surface area (TPSA) is 72.0 Å². The lowest BCUT2D eigenvalue weighted by molar-refractivity contribution is 0.579. The molecular weight excluding hydrogens is 250 g/mol. The lowest BCUT2D eigenvalue weighted by Crippen LogP contribution is -2.24. The molecule has 2 aromatic rings. The van der Waals surface area contributed by atoms with E-state index >= 15 is 0 Å². The van der Waals surface area contributed by atoms with Crippen molar-refractivity contribution in [2.24, 2.45) is 0 Å². The van der Waals surface area contributed by atoms with E-state index in [1.165, 1.54) is 6.20 Å². The molecule has 2 heterocycles. The highest BCUT2D eigenvalue weighted by molar-refractivity contribution is 7.92. The maximum Gasteiger partial charge on any atom is 0.201 e. The molecule has 1 aromatic carbocycles. The summed E-state index contributed by atoms with van der Waals surface area (Å²) in [7, 11) is -3.37. The van der Waals surface area contributed by atoms with Crippen LogP contribution in [-0.4, -0.2) is 36.7 Å². The Kier molecular flexibility index (Phi) is 2.76. The second kappa shape index (κ2) is 4.29. The fourth-order valence-electron chi connectivity index (χ4n) is 2.14. The van der Waals surface area contributed by atoms with Gasteiger partial charge in [0.1, 0.15) is 0 Å². The minimum atomic E-state index is -3.37. The standard InChI is InChI=1S/C12H13N3O2S/c16-18(17,9-5-6-13-7-9)12-8-14-10-3-1-2-4-11(10)15-12/h1-4,8-9,13H,5-7H2/t9-/m0/s1. The van der Waals surface area contributed by atoms with Gasteiger partial charge in [0.15, 0.2) is 5.03 Å². The van der Waals surface area contributed by atoms with E-state index in [4.69, 9.17) is 0 Å². The number of hydrogen-bond acceptors (Lipinski definition) is 5. The van der Waals surface area contributed by atoms with Gasteiger partial charge in [0.25, 0.3) is 0 Å². The summed E-state index contributed by atoms with van der Waals surface area (Å²) in [5.41, 5.74) is 1.32. The summed E-state index contributed by atoms with van der Waals surface area (Å²) in [5.74, 6) is 0. The quantitative estimate of drug-likeness (QED) is 0.866. The van der Waals surface area contributed by atoms with Crippen LogP contribution in [0.1, 0.15) is 6.42 Å². The van der Waals surface area contributed by atoms with Gasteiger partial charge < -0.3 is 5.32 Å². The van der Waals surface area contributed by atoms with Crippen LogP contribution >= 0.6 is 0 Å². The summed E-state index contributed by atoms with van der Waals surface area (Å²) < 4.78 is 24.7. The molecule has 1 N–H and O–H groups in total. The summed E-state index contributed by atoms with van der Waals surface area (Å²) in [4.78, 5) is 8.37. The number of rotatable bonds is 2. The number of nitrogens with zero attached hydrogens (tertiary/aromatic N) is 2. The molecule has 0 saturated carbocycles. The molecule has 1 saturated heterocycles. The highest BCUT2D eigenvalue weighted by Crippen LogP contribution is 2.19. The van der Waals surface area contributed by atoms with Crippen LogP contribution in [0.3, 0.4) is 0 Å². The first-order valence-electron chi connectivity index (χ1n) is 5.84. The molecule has 94 valence electrons. The third-order valence-corrected chi connectivity index (χ3v) is 5.23. The van der Waals surface area contributed by atoms with Gasteiger partial charge >= 0.3 is 0 Å². The Morgan fingerprint density at radius 2 is 2.00 bits per heavy atom. The summed E-state index contributed by atoms with van der Waals surface area (Å²) in [5, 5.41) is 2.76. The molecule has 0 unspecified atom stereocenters. The van der Waals surface area contributed by atoms with Crippen molar-refractivity contribution < 1.29 is 8.42 Å². The molecule has 5 nitrogen and oxygen atoms in total. The summed E-state index contributed by atoms with van der Waals surface area (Å²) in [6.45, 7) is 1.24. The maximum absolute atomic E-state index is 12.3. The van der Waals surface area contributed by atoms with Gasteiger partial charge in [-0.25, -0.2) is 13.4 Å². The number of para-hydroxylation sites is 2. The zero-order valence-electron chi connectivity index (χ0n) is 9.70. The number of sulfone groups is 1. The fourth-order valence-corrected chi connectivity index (χ4v) is 3.67. The minimum Gasteiger partial charge on any atom is -0.315 e. The number of hydrogen-bond donors (Lipinski definition) is 1. The largest absolute Gasteiger partial charge is 0.315 e. The second-order valence-electron chi connectivity index (χ2n) is 4.36. The molecule has 0 bridgehead atoms. The zero-order valence-corrected chi connectivity index (χ0v) is 10.5. The monoisotopic (exact) mass is 263 g/mol. The van der Waals surface area contributed by atoms with Crippen molar-refractivity contribution in [2.75, 3.05) is 13.1 Å². The molecule has 0 aliphatic carbocycles. The Morgan fingerprint density at radius 3 is 2.72 bits per heavy atom. The number of benzene rings is 1. The van der Waals surface area contributed by atoms with Gasteiger partial charge in [-0.3, -0.25) is 4.98 Å². The van der Waals surface area contributed by atoms with Gasteiger partial charge in [-0.05, 0) is 25.1 Å². The van der Waals surface area contributed by atoms with E-state index in [0.29, 0.717) is 24.0 Å². The predicted octanol–water partition coefficient (Wildman–Crippen LogP) is 0.765. The van der Waals surface area contributed by atoms with Gasteiger partial charge in [0.05, 0.1) is 22.5 Å². The second-order valence-corrected chi connectivity index (χ2v) is 6.53. The summed E-state index contributed by atoms with van der Waals surface area (Å²) in [6, 6.07) is 7.26. The van der Waals surface area contributed by atoms with Gasteiger partial charge in [-0.1, -0.05) is 12.1 Å². The van der Waals surface area contributed by atoms with Crippen LogP contribution in [0.2, 0.25) is 0 Å². The summed E-state index contributed by atoms with van der Waals surface area (Å²) >= 11 is 0. The van der Waals surface area contributed by atoms with E-state index < -0.39 is 9.84 Å². The molecule has 0 spiro atoms. The van der Waals surface area contributed by atoms with Crippen molar-refractivity contribution in [3.05, 3.63) is 30.5 Å². The molecular formula is C12H13N3O2S. The SMILES string of the molecule is O=S(=O)(c1cnc2ccccc2n1)[C@H]1CCNC1. The zero-order chi connectivity index (χ0) is 12.6. The number of fused-ring (bicyclic) bond motifs is 1. The van der Waals surface area contributed by atoms with Gasteiger partial charge in [0.2, 0.25) is 9.84 Å². The lowest BCUT2D eigenvalue weighted by Gasteiger charge is -2.09. The van der Waals surface area contributed by atoms with Crippen LogP contribution in [0.25, 0.3) is 11.0 Å². The van der Waals surface area contributed by atoms with E-state index in [1.54, 1.807) is 6.07 Å². The normalized spacial score (nSPS) is 20.3. The minimum absolute atomic E-state index is 0.0786. The maximum atomic E-state index is 12.3.